The zero-order valence-electron chi connectivity index (χ0n) is 11.3. The number of rotatable bonds is 6. The fourth-order valence-electron chi connectivity index (χ4n) is 1.82. The number of aliphatic carboxylic acids is 1. The minimum absolute atomic E-state index is 0.470. The zero-order chi connectivity index (χ0) is 15.1. The Morgan fingerprint density at radius 3 is 2.52 bits per heavy atom. The van der Waals surface area contributed by atoms with Crippen molar-refractivity contribution in [3.63, 3.8) is 0 Å². The number of carbonyl (C=O) groups is 1. The molecule has 0 aliphatic rings. The number of carboxylic acid groups (broad SMARTS) is 1. The van der Waals surface area contributed by atoms with Gasteiger partial charge in [-0.2, -0.15) is 0 Å². The van der Waals surface area contributed by atoms with Gasteiger partial charge in [0.05, 0.1) is 13.2 Å². The van der Waals surface area contributed by atoms with Gasteiger partial charge in [0.2, 0.25) is 0 Å². The summed E-state index contributed by atoms with van der Waals surface area (Å²) in [5, 5.41) is 9.32. The van der Waals surface area contributed by atoms with Crippen molar-refractivity contribution in [2.75, 3.05) is 0 Å². The second-order valence-electron chi connectivity index (χ2n) is 4.54. The first-order chi connectivity index (χ1) is 10.1. The molecule has 4 heteroatoms. The topological polar surface area (TPSA) is 46.5 Å². The number of ether oxygens (including phenoxy) is 1. The molecule has 0 aliphatic heterocycles. The fourth-order valence-corrected chi connectivity index (χ4v) is 1.95. The van der Waals surface area contributed by atoms with Gasteiger partial charge in [-0.3, -0.25) is 0 Å². The Kier molecular flexibility index (Phi) is 5.55. The van der Waals surface area contributed by atoms with Gasteiger partial charge in [-0.1, -0.05) is 41.9 Å². The molecular formula is C17H15ClO3. The molecule has 21 heavy (non-hydrogen) atoms. The molecule has 2 aromatic carbocycles. The molecule has 0 unspecified atom stereocenters. The highest BCUT2D eigenvalue weighted by atomic mass is 35.5. The van der Waals surface area contributed by atoms with Gasteiger partial charge in [0.25, 0.3) is 0 Å². The summed E-state index contributed by atoms with van der Waals surface area (Å²) in [7, 11) is 0. The molecule has 1 N–H and O–H groups in total. The van der Waals surface area contributed by atoms with E-state index in [-0.39, 0.29) is 0 Å². The number of hydrogen-bond acceptors (Lipinski definition) is 2. The molecule has 0 aromatic heterocycles. The van der Waals surface area contributed by atoms with E-state index in [2.05, 4.69) is 0 Å². The second kappa shape index (κ2) is 7.62. The molecule has 0 saturated heterocycles. The maximum absolute atomic E-state index is 10.5. The maximum atomic E-state index is 10.5. The Balaban J connectivity index is 1.89. The van der Waals surface area contributed by atoms with Crippen molar-refractivity contribution in [3.8, 4) is 0 Å². The third kappa shape index (κ3) is 5.42. The van der Waals surface area contributed by atoms with Gasteiger partial charge in [0.15, 0.2) is 0 Å². The minimum Gasteiger partial charge on any atom is -0.478 e. The van der Waals surface area contributed by atoms with Crippen molar-refractivity contribution in [3.05, 3.63) is 76.3 Å². The van der Waals surface area contributed by atoms with E-state index in [0.29, 0.717) is 18.2 Å². The Bertz CT molecular complexity index is 633. The van der Waals surface area contributed by atoms with Crippen molar-refractivity contribution < 1.29 is 14.6 Å². The average molecular weight is 303 g/mol. The molecule has 0 saturated carbocycles. The lowest BCUT2D eigenvalue weighted by Gasteiger charge is -2.05. The molecule has 0 atom stereocenters. The Morgan fingerprint density at radius 1 is 1.10 bits per heavy atom. The van der Waals surface area contributed by atoms with Gasteiger partial charge in [-0.05, 0) is 41.0 Å². The lowest BCUT2D eigenvalue weighted by atomic mass is 10.1. The van der Waals surface area contributed by atoms with Crippen LogP contribution in [0.4, 0.5) is 0 Å². The van der Waals surface area contributed by atoms with Crippen LogP contribution in [0.5, 0.6) is 0 Å². The van der Waals surface area contributed by atoms with Gasteiger partial charge in [0.1, 0.15) is 0 Å². The molecule has 3 nitrogen and oxygen atoms in total. The number of carboxylic acids is 1. The average Bonchev–Trinajstić information content (AvgIpc) is 2.48. The molecule has 0 aliphatic carbocycles. The molecule has 0 amide bonds. The van der Waals surface area contributed by atoms with Gasteiger partial charge in [0, 0.05) is 11.1 Å². The largest absolute Gasteiger partial charge is 0.478 e. The normalized spacial score (nSPS) is 10.9. The van der Waals surface area contributed by atoms with Crippen molar-refractivity contribution in [1.82, 2.24) is 0 Å². The molecule has 0 radical (unpaired) electrons. The van der Waals surface area contributed by atoms with E-state index in [4.69, 9.17) is 21.4 Å². The predicted molar refractivity (Wildman–Crippen MR) is 83.1 cm³/mol. The highest BCUT2D eigenvalue weighted by molar-refractivity contribution is 6.30. The monoisotopic (exact) mass is 302 g/mol. The highest BCUT2D eigenvalue weighted by Crippen LogP contribution is 2.12. The summed E-state index contributed by atoms with van der Waals surface area (Å²) >= 11 is 5.82. The summed E-state index contributed by atoms with van der Waals surface area (Å²) in [6, 6.07) is 15.1. The molecule has 0 heterocycles. The van der Waals surface area contributed by atoms with Crippen molar-refractivity contribution in [2.45, 2.75) is 13.2 Å². The molecule has 0 fully saturated rings. The summed E-state index contributed by atoms with van der Waals surface area (Å²) in [5.41, 5.74) is 2.89. The van der Waals surface area contributed by atoms with Gasteiger partial charge < -0.3 is 9.84 Å². The third-order valence-electron chi connectivity index (χ3n) is 2.82. The Morgan fingerprint density at radius 2 is 1.81 bits per heavy atom. The Labute approximate surface area is 128 Å². The second-order valence-corrected chi connectivity index (χ2v) is 4.97. The van der Waals surface area contributed by atoms with Crippen LogP contribution in [-0.4, -0.2) is 11.1 Å². The third-order valence-corrected chi connectivity index (χ3v) is 3.07. The van der Waals surface area contributed by atoms with Crippen molar-refractivity contribution in [2.24, 2.45) is 0 Å². The molecule has 0 bridgehead atoms. The van der Waals surface area contributed by atoms with Crippen molar-refractivity contribution >= 4 is 23.6 Å². The quantitative estimate of drug-likeness (QED) is 0.815. The molecule has 2 rings (SSSR count). The smallest absolute Gasteiger partial charge is 0.328 e. The summed E-state index contributed by atoms with van der Waals surface area (Å²) in [6.07, 6.45) is 2.68. The minimum atomic E-state index is -0.959. The van der Waals surface area contributed by atoms with Crippen LogP contribution in [-0.2, 0) is 22.7 Å². The van der Waals surface area contributed by atoms with E-state index in [9.17, 15) is 4.79 Å². The summed E-state index contributed by atoms with van der Waals surface area (Å²) in [5.74, 6) is -0.959. The first kappa shape index (κ1) is 15.3. The van der Waals surface area contributed by atoms with E-state index < -0.39 is 5.97 Å². The standard InChI is InChI=1S/C17H15ClO3/c18-16-7-4-14(5-8-16)11-21-12-15-3-1-2-13(10-15)6-9-17(19)20/h1-10H,11-12H2,(H,19,20). The van der Waals surface area contributed by atoms with Gasteiger partial charge in [-0.15, -0.1) is 0 Å². The van der Waals surface area contributed by atoms with Crippen LogP contribution in [0.15, 0.2) is 54.6 Å². The van der Waals surface area contributed by atoms with Crippen LogP contribution in [0.2, 0.25) is 5.02 Å². The molecule has 0 spiro atoms. The first-order valence-corrected chi connectivity index (χ1v) is 6.83. The van der Waals surface area contributed by atoms with E-state index in [1.807, 2.05) is 48.5 Å². The van der Waals surface area contributed by atoms with Crippen LogP contribution in [0.1, 0.15) is 16.7 Å². The molecular weight excluding hydrogens is 288 g/mol. The van der Waals surface area contributed by atoms with Crippen molar-refractivity contribution in [1.29, 1.82) is 0 Å². The van der Waals surface area contributed by atoms with E-state index in [1.165, 1.54) is 0 Å². The SMILES string of the molecule is O=C(O)C=Cc1cccc(COCc2ccc(Cl)cc2)c1. The number of hydrogen-bond donors (Lipinski definition) is 1. The van der Waals surface area contributed by atoms with E-state index in [0.717, 1.165) is 22.8 Å². The van der Waals surface area contributed by atoms with Crippen LogP contribution in [0.25, 0.3) is 6.08 Å². The Hall–Kier alpha value is -2.10. The first-order valence-electron chi connectivity index (χ1n) is 6.45. The summed E-state index contributed by atoms with van der Waals surface area (Å²) in [4.78, 5) is 10.5. The lowest BCUT2D eigenvalue weighted by Crippen LogP contribution is -1.94. The van der Waals surface area contributed by atoms with Gasteiger partial charge >= 0.3 is 5.97 Å². The summed E-state index contributed by atoms with van der Waals surface area (Å²) in [6.45, 7) is 0.976. The molecule has 108 valence electrons. The highest BCUT2D eigenvalue weighted by Gasteiger charge is 1.97. The van der Waals surface area contributed by atoms with Crippen LogP contribution < -0.4 is 0 Å². The number of benzene rings is 2. The summed E-state index contributed by atoms with van der Waals surface area (Å²) < 4.78 is 5.64. The maximum Gasteiger partial charge on any atom is 0.328 e. The lowest BCUT2D eigenvalue weighted by molar-refractivity contribution is -0.131. The predicted octanol–water partition coefficient (Wildman–Crippen LogP) is 4.15. The van der Waals surface area contributed by atoms with Crippen LogP contribution >= 0.6 is 11.6 Å². The van der Waals surface area contributed by atoms with E-state index in [1.54, 1.807) is 6.08 Å². The van der Waals surface area contributed by atoms with Gasteiger partial charge in [-0.25, -0.2) is 4.79 Å². The van der Waals surface area contributed by atoms with Crippen LogP contribution in [0.3, 0.4) is 0 Å². The zero-order valence-corrected chi connectivity index (χ0v) is 12.1. The number of halogens is 1. The van der Waals surface area contributed by atoms with E-state index >= 15 is 0 Å². The fraction of sp³-hybridized carbons (Fsp3) is 0.118. The molecule has 2 aromatic rings. The van der Waals surface area contributed by atoms with Crippen LogP contribution in [0, 0.1) is 0 Å².